The van der Waals surface area contributed by atoms with Crippen molar-refractivity contribution in [2.75, 3.05) is 0 Å². The van der Waals surface area contributed by atoms with Crippen LogP contribution in [0.2, 0.25) is 5.02 Å². The van der Waals surface area contributed by atoms with Crippen LogP contribution in [0.3, 0.4) is 0 Å². The largest absolute Gasteiger partial charge is 0.324 e. The summed E-state index contributed by atoms with van der Waals surface area (Å²) in [4.78, 5) is 0. The molecule has 0 bridgehead atoms. The third kappa shape index (κ3) is 2.63. The van der Waals surface area contributed by atoms with E-state index in [4.69, 9.17) is 17.3 Å². The number of benzene rings is 2. The highest BCUT2D eigenvalue weighted by atomic mass is 35.5. The molecule has 1 unspecified atom stereocenters. The van der Waals surface area contributed by atoms with E-state index >= 15 is 0 Å². The molecular weight excluding hydrogens is 218 g/mol. The van der Waals surface area contributed by atoms with E-state index in [1.54, 1.807) is 0 Å². The molecule has 2 aromatic rings. The highest BCUT2D eigenvalue weighted by molar-refractivity contribution is 6.31. The van der Waals surface area contributed by atoms with Crippen LogP contribution >= 0.6 is 11.6 Å². The van der Waals surface area contributed by atoms with Gasteiger partial charge in [0.2, 0.25) is 0 Å². The molecule has 0 amide bonds. The van der Waals surface area contributed by atoms with Gasteiger partial charge in [0.25, 0.3) is 0 Å². The average Bonchev–Trinajstić information content (AvgIpc) is 2.33. The first-order chi connectivity index (χ1) is 7.77. The minimum absolute atomic E-state index is 0.00102. The van der Waals surface area contributed by atoms with Crippen molar-refractivity contribution in [1.82, 2.24) is 0 Å². The van der Waals surface area contributed by atoms with Crippen LogP contribution in [0.15, 0.2) is 54.6 Å². The molecule has 1 nitrogen and oxygen atoms in total. The lowest BCUT2D eigenvalue weighted by atomic mass is 10.00. The molecule has 1 atom stereocenters. The monoisotopic (exact) mass is 231 g/mol. The van der Waals surface area contributed by atoms with Gasteiger partial charge in [0.1, 0.15) is 0 Å². The van der Waals surface area contributed by atoms with E-state index in [0.717, 1.165) is 22.6 Å². The Labute approximate surface area is 101 Å². The number of nitrogens with two attached hydrogens (primary N) is 1. The molecule has 2 heteroatoms. The van der Waals surface area contributed by atoms with Gasteiger partial charge in [0.05, 0.1) is 0 Å². The Morgan fingerprint density at radius 2 is 1.56 bits per heavy atom. The van der Waals surface area contributed by atoms with Crippen molar-refractivity contribution in [1.29, 1.82) is 0 Å². The van der Waals surface area contributed by atoms with Crippen LogP contribution in [0.4, 0.5) is 0 Å². The zero-order valence-corrected chi connectivity index (χ0v) is 9.69. The van der Waals surface area contributed by atoms with E-state index < -0.39 is 0 Å². The van der Waals surface area contributed by atoms with Gasteiger partial charge in [-0.3, -0.25) is 0 Å². The minimum atomic E-state index is 0.00102. The van der Waals surface area contributed by atoms with Crippen molar-refractivity contribution in [2.45, 2.75) is 12.5 Å². The van der Waals surface area contributed by atoms with E-state index in [9.17, 15) is 0 Å². The van der Waals surface area contributed by atoms with E-state index in [1.807, 2.05) is 54.6 Å². The molecule has 0 heterocycles. The summed E-state index contributed by atoms with van der Waals surface area (Å²) in [6.07, 6.45) is 0.768. The first kappa shape index (κ1) is 11.2. The fraction of sp³-hybridized carbons (Fsp3) is 0.143. The molecule has 2 N–H and O–H groups in total. The summed E-state index contributed by atoms with van der Waals surface area (Å²) in [6, 6.07) is 17.9. The van der Waals surface area contributed by atoms with Gasteiger partial charge in [-0.1, -0.05) is 60.1 Å². The highest BCUT2D eigenvalue weighted by Crippen LogP contribution is 2.21. The van der Waals surface area contributed by atoms with Gasteiger partial charge in [-0.15, -0.1) is 0 Å². The van der Waals surface area contributed by atoms with Crippen LogP contribution in [-0.2, 0) is 6.42 Å². The first-order valence-corrected chi connectivity index (χ1v) is 5.69. The van der Waals surface area contributed by atoms with Crippen LogP contribution in [0, 0.1) is 0 Å². The number of hydrogen-bond acceptors (Lipinski definition) is 1. The summed E-state index contributed by atoms with van der Waals surface area (Å²) < 4.78 is 0. The van der Waals surface area contributed by atoms with Crippen LogP contribution in [0.5, 0.6) is 0 Å². The maximum atomic E-state index is 6.14. The number of halogens is 1. The van der Waals surface area contributed by atoms with E-state index in [-0.39, 0.29) is 6.04 Å². The predicted octanol–water partition coefficient (Wildman–Crippen LogP) is 3.58. The summed E-state index contributed by atoms with van der Waals surface area (Å²) in [5, 5.41) is 0.786. The SMILES string of the molecule is NC(Cc1ccccc1Cl)c1ccccc1. The van der Waals surface area contributed by atoms with Crippen molar-refractivity contribution in [2.24, 2.45) is 5.73 Å². The fourth-order valence-electron chi connectivity index (χ4n) is 1.72. The van der Waals surface area contributed by atoms with Crippen molar-refractivity contribution < 1.29 is 0 Å². The van der Waals surface area contributed by atoms with Gasteiger partial charge in [0, 0.05) is 11.1 Å². The predicted molar refractivity (Wildman–Crippen MR) is 68.5 cm³/mol. The molecule has 0 spiro atoms. The molecule has 0 aromatic heterocycles. The Kier molecular flexibility index (Phi) is 3.60. The van der Waals surface area contributed by atoms with Gasteiger partial charge < -0.3 is 5.73 Å². The average molecular weight is 232 g/mol. The third-order valence-corrected chi connectivity index (χ3v) is 2.99. The molecule has 0 saturated heterocycles. The summed E-state index contributed by atoms with van der Waals surface area (Å²) in [5.41, 5.74) is 8.38. The molecule has 16 heavy (non-hydrogen) atoms. The summed E-state index contributed by atoms with van der Waals surface area (Å²) in [7, 11) is 0. The lowest BCUT2D eigenvalue weighted by Crippen LogP contribution is -2.13. The lowest BCUT2D eigenvalue weighted by molar-refractivity contribution is 0.722. The normalized spacial score (nSPS) is 12.4. The second kappa shape index (κ2) is 5.15. The van der Waals surface area contributed by atoms with Gasteiger partial charge in [-0.05, 0) is 23.6 Å². The van der Waals surface area contributed by atoms with Crippen molar-refractivity contribution in [3.05, 3.63) is 70.7 Å². The molecule has 0 radical (unpaired) electrons. The van der Waals surface area contributed by atoms with Crippen LogP contribution in [-0.4, -0.2) is 0 Å². The summed E-state index contributed by atoms with van der Waals surface area (Å²) >= 11 is 6.10. The number of rotatable bonds is 3. The number of hydrogen-bond donors (Lipinski definition) is 1. The second-order valence-electron chi connectivity index (χ2n) is 3.81. The summed E-state index contributed by atoms with van der Waals surface area (Å²) in [6.45, 7) is 0. The zero-order chi connectivity index (χ0) is 11.4. The Morgan fingerprint density at radius 1 is 0.938 bits per heavy atom. The second-order valence-corrected chi connectivity index (χ2v) is 4.22. The molecule has 82 valence electrons. The quantitative estimate of drug-likeness (QED) is 0.859. The standard InChI is InChI=1S/C14H14ClN/c15-13-9-5-4-8-12(13)10-14(16)11-6-2-1-3-7-11/h1-9,14H,10,16H2. The zero-order valence-electron chi connectivity index (χ0n) is 8.94. The minimum Gasteiger partial charge on any atom is -0.324 e. The van der Waals surface area contributed by atoms with Gasteiger partial charge in [0.15, 0.2) is 0 Å². The molecular formula is C14H14ClN. The molecule has 0 fully saturated rings. The van der Waals surface area contributed by atoms with Crippen LogP contribution < -0.4 is 5.73 Å². The third-order valence-electron chi connectivity index (χ3n) is 2.63. The fourth-order valence-corrected chi connectivity index (χ4v) is 1.93. The summed E-state index contributed by atoms with van der Waals surface area (Å²) in [5.74, 6) is 0. The molecule has 2 rings (SSSR count). The maximum absolute atomic E-state index is 6.14. The van der Waals surface area contributed by atoms with E-state index in [0.29, 0.717) is 0 Å². The molecule has 2 aromatic carbocycles. The van der Waals surface area contributed by atoms with E-state index in [2.05, 4.69) is 0 Å². The van der Waals surface area contributed by atoms with Gasteiger partial charge in [-0.2, -0.15) is 0 Å². The molecule has 0 aliphatic heterocycles. The van der Waals surface area contributed by atoms with Crippen molar-refractivity contribution in [3.8, 4) is 0 Å². The van der Waals surface area contributed by atoms with Crippen LogP contribution in [0.25, 0.3) is 0 Å². The Morgan fingerprint density at radius 3 is 2.25 bits per heavy atom. The molecule has 0 aliphatic rings. The topological polar surface area (TPSA) is 26.0 Å². The van der Waals surface area contributed by atoms with Crippen molar-refractivity contribution in [3.63, 3.8) is 0 Å². The Hall–Kier alpha value is -1.31. The maximum Gasteiger partial charge on any atom is 0.0438 e. The molecule has 0 saturated carbocycles. The Balaban J connectivity index is 2.14. The van der Waals surface area contributed by atoms with E-state index in [1.165, 1.54) is 0 Å². The van der Waals surface area contributed by atoms with Gasteiger partial charge in [-0.25, -0.2) is 0 Å². The van der Waals surface area contributed by atoms with Crippen molar-refractivity contribution >= 4 is 11.6 Å². The van der Waals surface area contributed by atoms with Crippen LogP contribution in [0.1, 0.15) is 17.2 Å². The lowest BCUT2D eigenvalue weighted by Gasteiger charge is -2.12. The highest BCUT2D eigenvalue weighted by Gasteiger charge is 2.08. The molecule has 0 aliphatic carbocycles. The van der Waals surface area contributed by atoms with Gasteiger partial charge >= 0.3 is 0 Å². The Bertz CT molecular complexity index is 453. The smallest absolute Gasteiger partial charge is 0.0438 e. The first-order valence-electron chi connectivity index (χ1n) is 5.31.